The number of quaternary nitrogens is 1. The van der Waals surface area contributed by atoms with Gasteiger partial charge in [-0.25, -0.2) is 8.42 Å². The van der Waals surface area contributed by atoms with E-state index in [2.05, 4.69) is 28.2 Å². The molecule has 0 aromatic carbocycles. The molecule has 0 bridgehead atoms. The predicted molar refractivity (Wildman–Crippen MR) is 53.4 cm³/mol. The lowest BCUT2D eigenvalue weighted by Gasteiger charge is -2.14. The van der Waals surface area contributed by atoms with Crippen LogP contribution in [0.25, 0.3) is 0 Å². The average Bonchev–Trinajstić information content (AvgIpc) is 1.47. The maximum Gasteiger partial charge on any atom is 0.0948 e. The third-order valence-electron chi connectivity index (χ3n) is 0.537. The Morgan fingerprint density at radius 1 is 1.15 bits per heavy atom. The summed E-state index contributed by atoms with van der Waals surface area (Å²) in [4.78, 5) is 0. The summed E-state index contributed by atoms with van der Waals surface area (Å²) in [6.45, 7) is 3.38. The molecule has 0 aliphatic carbocycles. The van der Waals surface area contributed by atoms with E-state index in [-0.39, 0.29) is 11.7 Å². The van der Waals surface area contributed by atoms with Gasteiger partial charge in [-0.2, -0.15) is 0 Å². The second-order valence-electron chi connectivity index (χ2n) is 4.80. The van der Waals surface area contributed by atoms with Gasteiger partial charge in [0.1, 0.15) is 0 Å². The summed E-state index contributed by atoms with van der Waals surface area (Å²) in [5.41, 5.74) is 0. The molecular formula is C8H21NO3S. The molecule has 5 heteroatoms. The summed E-state index contributed by atoms with van der Waals surface area (Å²) in [7, 11) is 4.53. The van der Waals surface area contributed by atoms with Crippen molar-refractivity contribution in [3.63, 3.8) is 0 Å². The predicted octanol–water partition coefficient (Wildman–Crippen LogP) is 0.510. The maximum absolute atomic E-state index is 9.89. The van der Waals surface area contributed by atoms with Gasteiger partial charge in [-0.3, -0.25) is 0 Å². The Labute approximate surface area is 81.9 Å². The smallest absolute Gasteiger partial charge is 0.0948 e. The van der Waals surface area contributed by atoms with Crippen LogP contribution in [0.15, 0.2) is 0 Å². The van der Waals surface area contributed by atoms with Crippen LogP contribution in [0.2, 0.25) is 0 Å². The molecule has 0 unspecified atom stereocenters. The largest absolute Gasteiger partial charge is 0.748 e. The molecule has 0 fully saturated rings. The van der Waals surface area contributed by atoms with E-state index in [1.807, 2.05) is 0 Å². The van der Waals surface area contributed by atoms with Gasteiger partial charge < -0.3 is 9.04 Å². The monoisotopic (exact) mass is 211 g/mol. The molecule has 0 saturated carbocycles. The van der Waals surface area contributed by atoms with Gasteiger partial charge in [0.25, 0.3) is 0 Å². The van der Waals surface area contributed by atoms with Crippen molar-refractivity contribution in [3.8, 4) is 0 Å². The van der Waals surface area contributed by atoms with E-state index in [4.69, 9.17) is 0 Å². The van der Waals surface area contributed by atoms with Crippen molar-refractivity contribution in [2.75, 3.05) is 33.9 Å². The molecule has 0 heterocycles. The quantitative estimate of drug-likeness (QED) is 0.494. The maximum atomic E-state index is 9.89. The van der Waals surface area contributed by atoms with Crippen LogP contribution in [0.1, 0.15) is 13.8 Å². The first kappa shape index (κ1) is 15.3. The Kier molecular flexibility index (Phi) is 6.57. The fourth-order valence-corrected chi connectivity index (χ4v) is 1.22. The van der Waals surface area contributed by atoms with Gasteiger partial charge in [-0.15, -0.1) is 0 Å². The molecule has 0 rings (SSSR count). The first-order chi connectivity index (χ1) is 5.42. The first-order valence-corrected chi connectivity index (χ1v) is 5.72. The molecule has 0 aromatic heterocycles. The van der Waals surface area contributed by atoms with Crippen LogP contribution in [0.4, 0.5) is 0 Å². The SMILES string of the molecule is CC(C)CS(=O)(=O)[O-].C[N+](C)(C)C. The van der Waals surface area contributed by atoms with Crippen molar-refractivity contribution in [2.45, 2.75) is 13.8 Å². The van der Waals surface area contributed by atoms with Crippen molar-refractivity contribution in [3.05, 3.63) is 0 Å². The Morgan fingerprint density at radius 2 is 1.38 bits per heavy atom. The molecule has 82 valence electrons. The van der Waals surface area contributed by atoms with E-state index in [0.29, 0.717) is 0 Å². The molecule has 0 atom stereocenters. The average molecular weight is 211 g/mol. The van der Waals surface area contributed by atoms with Crippen molar-refractivity contribution >= 4 is 10.1 Å². The van der Waals surface area contributed by atoms with Gasteiger partial charge in [0.05, 0.1) is 38.3 Å². The van der Waals surface area contributed by atoms with E-state index in [9.17, 15) is 13.0 Å². The summed E-state index contributed by atoms with van der Waals surface area (Å²) in [5.74, 6) is -0.315. The summed E-state index contributed by atoms with van der Waals surface area (Å²) in [5, 5.41) is 0. The van der Waals surface area contributed by atoms with Crippen molar-refractivity contribution in [2.24, 2.45) is 5.92 Å². The standard InChI is InChI=1S/C4H12N.C4H10O3S/c1-5(2,3)4;1-4(2)3-8(5,6)7/h1-4H3;4H,3H2,1-2H3,(H,5,6,7)/q+1;/p-1. The molecular weight excluding hydrogens is 190 g/mol. The fourth-order valence-electron chi connectivity index (χ4n) is 0.408. The zero-order chi connectivity index (χ0) is 11.3. The zero-order valence-electron chi connectivity index (χ0n) is 9.36. The lowest BCUT2D eigenvalue weighted by molar-refractivity contribution is -0.849. The highest BCUT2D eigenvalue weighted by Crippen LogP contribution is 1.95. The second-order valence-corrected chi connectivity index (χ2v) is 6.25. The van der Waals surface area contributed by atoms with Crippen LogP contribution >= 0.6 is 0 Å². The Morgan fingerprint density at radius 3 is 1.38 bits per heavy atom. The highest BCUT2D eigenvalue weighted by Gasteiger charge is 1.97. The van der Waals surface area contributed by atoms with E-state index in [1.54, 1.807) is 13.8 Å². The Hall–Kier alpha value is -0.130. The number of nitrogens with zero attached hydrogens (tertiary/aromatic N) is 1. The highest BCUT2D eigenvalue weighted by molar-refractivity contribution is 7.85. The zero-order valence-corrected chi connectivity index (χ0v) is 10.2. The molecule has 0 N–H and O–H groups in total. The first-order valence-electron chi connectivity index (χ1n) is 4.14. The van der Waals surface area contributed by atoms with Crippen LogP contribution in [0.3, 0.4) is 0 Å². The minimum absolute atomic E-state index is 0.0579. The molecule has 0 aromatic rings. The summed E-state index contributed by atoms with van der Waals surface area (Å²) in [6, 6.07) is 0. The van der Waals surface area contributed by atoms with E-state index in [0.717, 1.165) is 4.48 Å². The lowest BCUT2D eigenvalue weighted by Crippen LogP contribution is -2.27. The number of hydrogen-bond acceptors (Lipinski definition) is 3. The van der Waals surface area contributed by atoms with Crippen LogP contribution in [-0.4, -0.2) is 51.4 Å². The van der Waals surface area contributed by atoms with Gasteiger partial charge in [0.2, 0.25) is 0 Å². The van der Waals surface area contributed by atoms with Crippen LogP contribution in [0, 0.1) is 5.92 Å². The molecule has 4 nitrogen and oxygen atoms in total. The topological polar surface area (TPSA) is 57.2 Å². The summed E-state index contributed by atoms with van der Waals surface area (Å²) >= 11 is 0. The van der Waals surface area contributed by atoms with Crippen molar-refractivity contribution in [1.29, 1.82) is 0 Å². The highest BCUT2D eigenvalue weighted by atomic mass is 32.2. The molecule has 0 amide bonds. The van der Waals surface area contributed by atoms with E-state index in [1.165, 1.54) is 0 Å². The fraction of sp³-hybridized carbons (Fsp3) is 1.00. The van der Waals surface area contributed by atoms with Gasteiger partial charge in [-0.1, -0.05) is 13.8 Å². The van der Waals surface area contributed by atoms with Crippen molar-refractivity contribution in [1.82, 2.24) is 0 Å². The number of hydrogen-bond donors (Lipinski definition) is 0. The Balaban J connectivity index is 0. The van der Waals surface area contributed by atoms with Gasteiger partial charge in [0.15, 0.2) is 0 Å². The van der Waals surface area contributed by atoms with Crippen LogP contribution in [0.5, 0.6) is 0 Å². The van der Waals surface area contributed by atoms with E-state index < -0.39 is 10.1 Å². The molecule has 0 saturated heterocycles. The number of rotatable bonds is 2. The summed E-state index contributed by atoms with van der Waals surface area (Å²) in [6.07, 6.45) is 0. The van der Waals surface area contributed by atoms with Crippen molar-refractivity contribution < 1.29 is 17.5 Å². The van der Waals surface area contributed by atoms with Crippen LogP contribution in [-0.2, 0) is 10.1 Å². The second kappa shape index (κ2) is 5.57. The minimum Gasteiger partial charge on any atom is -0.748 e. The normalized spacial score (nSPS) is 12.3. The molecule has 13 heavy (non-hydrogen) atoms. The third kappa shape index (κ3) is 48.8. The molecule has 0 aliphatic rings. The van der Waals surface area contributed by atoms with Gasteiger partial charge in [-0.05, 0) is 5.92 Å². The van der Waals surface area contributed by atoms with E-state index >= 15 is 0 Å². The Bertz CT molecular complexity index is 208. The van der Waals surface area contributed by atoms with Gasteiger partial charge in [0, 0.05) is 5.75 Å². The van der Waals surface area contributed by atoms with Gasteiger partial charge >= 0.3 is 0 Å². The third-order valence-corrected chi connectivity index (χ3v) is 1.61. The molecule has 0 radical (unpaired) electrons. The minimum atomic E-state index is -3.97. The van der Waals surface area contributed by atoms with Crippen LogP contribution < -0.4 is 0 Å². The molecule has 0 spiro atoms. The molecule has 0 aliphatic heterocycles. The summed E-state index contributed by atoms with van der Waals surface area (Å²) < 4.78 is 30.7. The lowest BCUT2D eigenvalue weighted by atomic mass is 10.3.